The Kier molecular flexibility index (Phi) is 7.85. The standard InChI is InChI=1S/C26H35NO5S/c1-19(2)32-24-8-6-7-22(16-24)17-25(28)27-13-11-26(18-27,12-14-31-33(5,29)30)23-10-9-20(3)21(4)15-23/h6-10,15-16,19H,11-14,17-18H2,1-5H3/t26-/m1/s1. The summed E-state index contributed by atoms with van der Waals surface area (Å²) in [7, 11) is -3.52. The highest BCUT2D eigenvalue weighted by Crippen LogP contribution is 2.39. The Morgan fingerprint density at radius 1 is 1.12 bits per heavy atom. The van der Waals surface area contributed by atoms with Crippen molar-refractivity contribution in [1.29, 1.82) is 0 Å². The van der Waals surface area contributed by atoms with Gasteiger partial charge in [0.2, 0.25) is 5.91 Å². The number of amides is 1. The number of likely N-dealkylation sites (tertiary alicyclic amines) is 1. The number of rotatable bonds is 9. The van der Waals surface area contributed by atoms with E-state index in [0.717, 1.165) is 29.6 Å². The molecule has 7 heteroatoms. The molecule has 0 unspecified atom stereocenters. The van der Waals surface area contributed by atoms with Crippen molar-refractivity contribution in [2.75, 3.05) is 26.0 Å². The molecule has 1 heterocycles. The van der Waals surface area contributed by atoms with Crippen LogP contribution in [0.15, 0.2) is 42.5 Å². The van der Waals surface area contributed by atoms with Gasteiger partial charge in [-0.1, -0.05) is 30.3 Å². The zero-order chi connectivity index (χ0) is 24.2. The summed E-state index contributed by atoms with van der Waals surface area (Å²) >= 11 is 0. The number of carbonyl (C=O) groups is 1. The zero-order valence-corrected chi connectivity index (χ0v) is 21.1. The molecule has 2 aromatic rings. The van der Waals surface area contributed by atoms with Gasteiger partial charge in [-0.2, -0.15) is 8.42 Å². The molecule has 0 radical (unpaired) electrons. The van der Waals surface area contributed by atoms with Crippen LogP contribution in [-0.4, -0.2) is 51.3 Å². The fourth-order valence-corrected chi connectivity index (χ4v) is 4.80. The summed E-state index contributed by atoms with van der Waals surface area (Å²) in [5.41, 5.74) is 4.10. The van der Waals surface area contributed by atoms with Crippen LogP contribution in [0, 0.1) is 13.8 Å². The SMILES string of the molecule is Cc1ccc([C@@]2(CCOS(C)(=O)=O)CCN(C(=O)Cc3cccc(OC(C)C)c3)C2)cc1C. The molecule has 1 fully saturated rings. The minimum absolute atomic E-state index is 0.0615. The average Bonchev–Trinajstić information content (AvgIpc) is 3.14. The Bertz CT molecular complexity index is 1100. The van der Waals surface area contributed by atoms with Crippen LogP contribution in [0.5, 0.6) is 5.75 Å². The lowest BCUT2D eigenvalue weighted by atomic mass is 9.76. The van der Waals surface area contributed by atoms with Crippen LogP contribution < -0.4 is 4.74 Å². The van der Waals surface area contributed by atoms with Gasteiger partial charge in [0, 0.05) is 18.5 Å². The number of hydrogen-bond donors (Lipinski definition) is 0. The van der Waals surface area contributed by atoms with E-state index in [2.05, 4.69) is 32.0 Å². The Morgan fingerprint density at radius 3 is 2.55 bits per heavy atom. The van der Waals surface area contributed by atoms with Crippen molar-refractivity contribution in [2.24, 2.45) is 0 Å². The lowest BCUT2D eigenvalue weighted by Gasteiger charge is -2.30. The molecule has 1 atom stereocenters. The van der Waals surface area contributed by atoms with Crippen molar-refractivity contribution in [3.63, 3.8) is 0 Å². The fourth-order valence-electron chi connectivity index (χ4n) is 4.42. The van der Waals surface area contributed by atoms with E-state index in [1.165, 1.54) is 11.1 Å². The third-order valence-corrected chi connectivity index (χ3v) is 6.92. The Labute approximate surface area is 198 Å². The van der Waals surface area contributed by atoms with Gasteiger partial charge in [-0.05, 0) is 74.9 Å². The van der Waals surface area contributed by atoms with Crippen molar-refractivity contribution in [3.05, 3.63) is 64.7 Å². The van der Waals surface area contributed by atoms with Crippen molar-refractivity contribution in [3.8, 4) is 5.75 Å². The zero-order valence-electron chi connectivity index (χ0n) is 20.3. The number of aryl methyl sites for hydroxylation is 2. The number of nitrogens with zero attached hydrogens (tertiary/aromatic N) is 1. The van der Waals surface area contributed by atoms with Gasteiger partial charge in [-0.15, -0.1) is 0 Å². The number of ether oxygens (including phenoxy) is 1. The van der Waals surface area contributed by atoms with E-state index in [0.29, 0.717) is 25.9 Å². The molecule has 0 aromatic heterocycles. The first-order chi connectivity index (χ1) is 15.5. The molecule has 6 nitrogen and oxygen atoms in total. The molecule has 2 aromatic carbocycles. The molecule has 0 N–H and O–H groups in total. The van der Waals surface area contributed by atoms with Gasteiger partial charge < -0.3 is 9.64 Å². The van der Waals surface area contributed by atoms with Gasteiger partial charge in [0.05, 0.1) is 25.4 Å². The summed E-state index contributed by atoms with van der Waals surface area (Å²) in [6, 6.07) is 14.0. The van der Waals surface area contributed by atoms with Crippen LogP contribution in [0.1, 0.15) is 48.9 Å². The van der Waals surface area contributed by atoms with E-state index < -0.39 is 10.1 Å². The molecule has 0 spiro atoms. The molecule has 1 aliphatic heterocycles. The van der Waals surface area contributed by atoms with E-state index in [9.17, 15) is 13.2 Å². The Hall–Kier alpha value is -2.38. The monoisotopic (exact) mass is 473 g/mol. The van der Waals surface area contributed by atoms with E-state index in [1.54, 1.807) is 0 Å². The van der Waals surface area contributed by atoms with Crippen molar-refractivity contribution in [1.82, 2.24) is 4.90 Å². The molecular weight excluding hydrogens is 438 g/mol. The van der Waals surface area contributed by atoms with E-state index >= 15 is 0 Å². The highest BCUT2D eigenvalue weighted by Gasteiger charge is 2.41. The highest BCUT2D eigenvalue weighted by atomic mass is 32.2. The smallest absolute Gasteiger partial charge is 0.264 e. The minimum Gasteiger partial charge on any atom is -0.491 e. The lowest BCUT2D eigenvalue weighted by molar-refractivity contribution is -0.129. The Morgan fingerprint density at radius 2 is 1.88 bits per heavy atom. The molecule has 3 rings (SSSR count). The molecule has 1 amide bonds. The Balaban J connectivity index is 1.77. The van der Waals surface area contributed by atoms with Crippen LogP contribution in [-0.2, 0) is 30.9 Å². The fraction of sp³-hybridized carbons (Fsp3) is 0.500. The second kappa shape index (κ2) is 10.3. The summed E-state index contributed by atoms with van der Waals surface area (Å²) in [4.78, 5) is 15.1. The van der Waals surface area contributed by atoms with Gasteiger partial charge in [-0.3, -0.25) is 8.98 Å². The summed E-state index contributed by atoms with van der Waals surface area (Å²) in [6.07, 6.45) is 2.74. The second-order valence-electron chi connectivity index (χ2n) is 9.41. The first-order valence-electron chi connectivity index (χ1n) is 11.4. The largest absolute Gasteiger partial charge is 0.491 e. The van der Waals surface area contributed by atoms with E-state index in [1.807, 2.05) is 43.0 Å². The van der Waals surface area contributed by atoms with Crippen LogP contribution in [0.2, 0.25) is 0 Å². The molecule has 1 saturated heterocycles. The van der Waals surface area contributed by atoms with Crippen LogP contribution in [0.4, 0.5) is 0 Å². The lowest BCUT2D eigenvalue weighted by Crippen LogP contribution is -2.36. The van der Waals surface area contributed by atoms with Gasteiger partial charge >= 0.3 is 0 Å². The maximum absolute atomic E-state index is 13.2. The molecule has 1 aliphatic rings. The highest BCUT2D eigenvalue weighted by molar-refractivity contribution is 7.85. The molecule has 0 saturated carbocycles. The quantitative estimate of drug-likeness (QED) is 0.511. The summed E-state index contributed by atoms with van der Waals surface area (Å²) in [5.74, 6) is 0.825. The topological polar surface area (TPSA) is 72.9 Å². The second-order valence-corrected chi connectivity index (χ2v) is 11.1. The number of benzene rings is 2. The van der Waals surface area contributed by atoms with Gasteiger partial charge in [0.25, 0.3) is 10.1 Å². The summed E-state index contributed by atoms with van der Waals surface area (Å²) in [5, 5.41) is 0. The van der Waals surface area contributed by atoms with Crippen LogP contribution >= 0.6 is 0 Å². The van der Waals surface area contributed by atoms with Gasteiger partial charge in [-0.25, -0.2) is 0 Å². The average molecular weight is 474 g/mol. The third kappa shape index (κ3) is 6.81. The number of hydrogen-bond acceptors (Lipinski definition) is 5. The molecular formula is C26H35NO5S. The van der Waals surface area contributed by atoms with Crippen LogP contribution in [0.25, 0.3) is 0 Å². The maximum atomic E-state index is 13.2. The summed E-state index contributed by atoms with van der Waals surface area (Å²) in [6.45, 7) is 9.37. The van der Waals surface area contributed by atoms with Gasteiger partial charge in [0.1, 0.15) is 5.75 Å². The van der Waals surface area contributed by atoms with E-state index in [-0.39, 0.29) is 24.0 Å². The number of carbonyl (C=O) groups excluding carboxylic acids is 1. The van der Waals surface area contributed by atoms with Gasteiger partial charge in [0.15, 0.2) is 0 Å². The van der Waals surface area contributed by atoms with Crippen molar-refractivity contribution >= 4 is 16.0 Å². The van der Waals surface area contributed by atoms with Crippen molar-refractivity contribution in [2.45, 2.75) is 58.5 Å². The molecule has 180 valence electrons. The van der Waals surface area contributed by atoms with Crippen LogP contribution in [0.3, 0.4) is 0 Å². The van der Waals surface area contributed by atoms with Crippen molar-refractivity contribution < 1.29 is 22.1 Å². The predicted molar refractivity (Wildman–Crippen MR) is 130 cm³/mol. The molecule has 33 heavy (non-hydrogen) atoms. The first kappa shape index (κ1) is 25.2. The third-order valence-electron chi connectivity index (χ3n) is 6.33. The molecule has 0 aliphatic carbocycles. The predicted octanol–water partition coefficient (Wildman–Crippen LogP) is 4.17. The maximum Gasteiger partial charge on any atom is 0.264 e. The summed E-state index contributed by atoms with van der Waals surface area (Å²) < 4.78 is 33.9. The molecule has 0 bridgehead atoms. The minimum atomic E-state index is -3.52. The first-order valence-corrected chi connectivity index (χ1v) is 13.2. The van der Waals surface area contributed by atoms with E-state index in [4.69, 9.17) is 8.92 Å². The normalized spacial score (nSPS) is 18.7.